The van der Waals surface area contributed by atoms with Gasteiger partial charge < -0.3 is 9.30 Å². The Morgan fingerprint density at radius 2 is 2.05 bits per heavy atom. The van der Waals surface area contributed by atoms with E-state index in [1.165, 1.54) is 0 Å². The Hall–Kier alpha value is -1.77. The monoisotopic (exact) mass is 259 g/mol. The van der Waals surface area contributed by atoms with Gasteiger partial charge >= 0.3 is 0 Å². The number of carbonyl (C=O) groups excluding carboxylic acids is 1. The predicted octanol–water partition coefficient (Wildman–Crippen LogP) is 4.13. The van der Waals surface area contributed by atoms with Gasteiger partial charge in [0, 0.05) is 28.2 Å². The summed E-state index contributed by atoms with van der Waals surface area (Å²) in [6, 6.07) is 6.31. The van der Waals surface area contributed by atoms with Gasteiger partial charge in [0.05, 0.1) is 6.61 Å². The lowest BCUT2D eigenvalue weighted by molar-refractivity contribution is 0.101. The molecule has 0 fully saturated rings. The molecule has 0 unspecified atom stereocenters. The third kappa shape index (κ3) is 2.25. The molecule has 0 N–H and O–H groups in total. The molecule has 0 saturated heterocycles. The van der Waals surface area contributed by atoms with Crippen LogP contribution >= 0.6 is 0 Å². The number of nitrogens with zero attached hydrogens (tertiary/aromatic N) is 1. The maximum absolute atomic E-state index is 11.9. The van der Waals surface area contributed by atoms with E-state index < -0.39 is 0 Å². The van der Waals surface area contributed by atoms with E-state index in [-0.39, 0.29) is 5.78 Å². The van der Waals surface area contributed by atoms with Crippen LogP contribution in [0.5, 0.6) is 5.75 Å². The Labute approximate surface area is 114 Å². The van der Waals surface area contributed by atoms with Gasteiger partial charge in [-0.05, 0) is 52.8 Å². The van der Waals surface area contributed by atoms with Crippen LogP contribution in [0.4, 0.5) is 0 Å². The van der Waals surface area contributed by atoms with Crippen LogP contribution in [0.1, 0.15) is 49.8 Å². The van der Waals surface area contributed by atoms with Crippen molar-refractivity contribution in [3.63, 3.8) is 0 Å². The fraction of sp³-hybridized carbons (Fsp3) is 0.438. The highest BCUT2D eigenvalue weighted by Gasteiger charge is 2.19. The Balaban J connectivity index is 2.78. The smallest absolute Gasteiger partial charge is 0.162 e. The first-order valence-electron chi connectivity index (χ1n) is 6.75. The molecule has 3 nitrogen and oxygen atoms in total. The van der Waals surface area contributed by atoms with Crippen molar-refractivity contribution in [1.82, 2.24) is 4.57 Å². The van der Waals surface area contributed by atoms with Crippen molar-refractivity contribution in [2.24, 2.45) is 0 Å². The summed E-state index contributed by atoms with van der Waals surface area (Å²) in [5.74, 6) is 0.925. The fourth-order valence-corrected chi connectivity index (χ4v) is 2.79. The second-order valence-electron chi connectivity index (χ2n) is 5.09. The maximum Gasteiger partial charge on any atom is 0.162 e. The van der Waals surface area contributed by atoms with Gasteiger partial charge in [0.15, 0.2) is 5.78 Å². The summed E-state index contributed by atoms with van der Waals surface area (Å²) >= 11 is 0. The standard InChI is InChI=1S/C16H21NO2/c1-6-19-13-7-8-15-14(9-13)16(12(5)18)11(4)17(15)10(2)3/h7-10H,6H2,1-5H3. The number of carbonyl (C=O) groups is 1. The first-order chi connectivity index (χ1) is 8.97. The normalized spacial score (nSPS) is 11.3. The summed E-state index contributed by atoms with van der Waals surface area (Å²) in [5, 5.41) is 0.990. The minimum Gasteiger partial charge on any atom is -0.494 e. The second-order valence-corrected chi connectivity index (χ2v) is 5.09. The summed E-state index contributed by atoms with van der Waals surface area (Å²) in [4.78, 5) is 11.9. The molecule has 1 heterocycles. The van der Waals surface area contributed by atoms with Gasteiger partial charge in [-0.25, -0.2) is 0 Å². The van der Waals surface area contributed by atoms with Crippen molar-refractivity contribution in [1.29, 1.82) is 0 Å². The lowest BCUT2D eigenvalue weighted by Gasteiger charge is -2.12. The van der Waals surface area contributed by atoms with Gasteiger partial charge in [-0.2, -0.15) is 0 Å². The van der Waals surface area contributed by atoms with Gasteiger partial charge in [0.1, 0.15) is 5.75 Å². The van der Waals surface area contributed by atoms with Crippen LogP contribution in [0.15, 0.2) is 18.2 Å². The quantitative estimate of drug-likeness (QED) is 0.773. The third-order valence-electron chi connectivity index (χ3n) is 3.40. The number of ketones is 1. The molecule has 0 radical (unpaired) electrons. The molecule has 0 bridgehead atoms. The average molecular weight is 259 g/mol. The Kier molecular flexibility index (Phi) is 3.65. The number of ether oxygens (including phenoxy) is 1. The van der Waals surface area contributed by atoms with Crippen molar-refractivity contribution in [2.45, 2.75) is 40.7 Å². The Morgan fingerprint density at radius 3 is 2.58 bits per heavy atom. The number of hydrogen-bond acceptors (Lipinski definition) is 2. The van der Waals surface area contributed by atoms with Crippen LogP contribution in [0.2, 0.25) is 0 Å². The van der Waals surface area contributed by atoms with Crippen molar-refractivity contribution in [2.75, 3.05) is 6.61 Å². The number of hydrogen-bond donors (Lipinski definition) is 0. The topological polar surface area (TPSA) is 31.2 Å². The molecular formula is C16H21NO2. The molecular weight excluding hydrogens is 238 g/mol. The minimum atomic E-state index is 0.107. The average Bonchev–Trinajstić information content (AvgIpc) is 2.60. The number of rotatable bonds is 4. The van der Waals surface area contributed by atoms with E-state index >= 15 is 0 Å². The van der Waals surface area contributed by atoms with Crippen LogP contribution < -0.4 is 4.74 Å². The van der Waals surface area contributed by atoms with E-state index in [4.69, 9.17) is 4.74 Å². The third-order valence-corrected chi connectivity index (χ3v) is 3.40. The SMILES string of the molecule is CCOc1ccc2c(c1)c(C(C)=O)c(C)n2C(C)C. The zero-order chi connectivity index (χ0) is 14.2. The van der Waals surface area contributed by atoms with Crippen LogP contribution in [0.3, 0.4) is 0 Å². The molecule has 1 aromatic carbocycles. The van der Waals surface area contributed by atoms with Crippen LogP contribution in [0.25, 0.3) is 10.9 Å². The molecule has 2 rings (SSSR count). The highest BCUT2D eigenvalue weighted by Crippen LogP contribution is 2.32. The van der Waals surface area contributed by atoms with E-state index in [0.29, 0.717) is 12.6 Å². The molecule has 3 heteroatoms. The Bertz CT molecular complexity index is 623. The maximum atomic E-state index is 11.9. The lowest BCUT2D eigenvalue weighted by Crippen LogP contribution is -2.04. The van der Waals surface area contributed by atoms with E-state index in [0.717, 1.165) is 27.9 Å². The molecule has 0 atom stereocenters. The minimum absolute atomic E-state index is 0.107. The number of aromatic nitrogens is 1. The highest BCUT2D eigenvalue weighted by molar-refractivity contribution is 6.08. The first kappa shape index (κ1) is 13.7. The number of Topliss-reactive ketones (excluding diaryl/α,β-unsaturated/α-hetero) is 1. The summed E-state index contributed by atoms with van der Waals surface area (Å²) < 4.78 is 7.75. The second kappa shape index (κ2) is 5.08. The molecule has 1 aromatic heterocycles. The molecule has 0 aliphatic rings. The fourth-order valence-electron chi connectivity index (χ4n) is 2.79. The van der Waals surface area contributed by atoms with Gasteiger partial charge in [-0.3, -0.25) is 4.79 Å². The number of benzene rings is 1. The molecule has 19 heavy (non-hydrogen) atoms. The molecule has 102 valence electrons. The van der Waals surface area contributed by atoms with Crippen molar-refractivity contribution in [3.8, 4) is 5.75 Å². The van der Waals surface area contributed by atoms with Crippen LogP contribution in [0, 0.1) is 6.92 Å². The summed E-state index contributed by atoms with van der Waals surface area (Å²) in [6.45, 7) is 10.5. The van der Waals surface area contributed by atoms with E-state index in [9.17, 15) is 4.79 Å². The molecule has 0 spiro atoms. The summed E-state index contributed by atoms with van der Waals surface area (Å²) in [7, 11) is 0. The van der Waals surface area contributed by atoms with Crippen molar-refractivity contribution in [3.05, 3.63) is 29.5 Å². The van der Waals surface area contributed by atoms with Gasteiger partial charge in [-0.15, -0.1) is 0 Å². The molecule has 0 aliphatic carbocycles. The lowest BCUT2D eigenvalue weighted by atomic mass is 10.1. The molecule has 2 aromatic rings. The first-order valence-corrected chi connectivity index (χ1v) is 6.75. The summed E-state index contributed by atoms with van der Waals surface area (Å²) in [6.07, 6.45) is 0. The van der Waals surface area contributed by atoms with Crippen molar-refractivity contribution >= 4 is 16.7 Å². The van der Waals surface area contributed by atoms with Crippen LogP contribution in [-0.2, 0) is 0 Å². The molecule has 0 saturated carbocycles. The molecule has 0 aliphatic heterocycles. The van der Waals surface area contributed by atoms with Gasteiger partial charge in [0.25, 0.3) is 0 Å². The van der Waals surface area contributed by atoms with Gasteiger partial charge in [0.2, 0.25) is 0 Å². The van der Waals surface area contributed by atoms with E-state index in [2.05, 4.69) is 18.4 Å². The zero-order valence-electron chi connectivity index (χ0n) is 12.3. The van der Waals surface area contributed by atoms with Gasteiger partial charge in [-0.1, -0.05) is 0 Å². The van der Waals surface area contributed by atoms with E-state index in [1.807, 2.05) is 32.0 Å². The van der Waals surface area contributed by atoms with Crippen LogP contribution in [-0.4, -0.2) is 17.0 Å². The largest absolute Gasteiger partial charge is 0.494 e. The number of fused-ring (bicyclic) bond motifs is 1. The predicted molar refractivity (Wildman–Crippen MR) is 78.2 cm³/mol. The zero-order valence-corrected chi connectivity index (χ0v) is 12.3. The Morgan fingerprint density at radius 1 is 1.37 bits per heavy atom. The molecule has 0 amide bonds. The summed E-state index contributed by atoms with van der Waals surface area (Å²) in [5.41, 5.74) is 2.94. The van der Waals surface area contributed by atoms with E-state index in [1.54, 1.807) is 6.92 Å². The highest BCUT2D eigenvalue weighted by atomic mass is 16.5. The van der Waals surface area contributed by atoms with Crippen molar-refractivity contribution < 1.29 is 9.53 Å².